The molecule has 2 aromatic rings. The molecule has 0 atom stereocenters. The van der Waals surface area contributed by atoms with E-state index in [0.29, 0.717) is 24.6 Å². The summed E-state index contributed by atoms with van der Waals surface area (Å²) >= 11 is 0. The Morgan fingerprint density at radius 2 is 0.800 bits per heavy atom. The zero-order chi connectivity index (χ0) is 38.6. The Morgan fingerprint density at radius 3 is 1.02 bits per heavy atom. The summed E-state index contributed by atoms with van der Waals surface area (Å²) in [5, 5.41) is 83.1. The molecule has 0 heterocycles. The van der Waals surface area contributed by atoms with Gasteiger partial charge in [-0.1, -0.05) is 23.6 Å². The third-order valence-electron chi connectivity index (χ3n) is 5.60. The van der Waals surface area contributed by atoms with Gasteiger partial charge in [0.05, 0.1) is 29.5 Å². The number of aliphatic hydroxyl groups excluding tert-OH is 2. The van der Waals surface area contributed by atoms with Crippen LogP contribution in [0.5, 0.6) is 23.0 Å². The van der Waals surface area contributed by atoms with Gasteiger partial charge in [-0.2, -0.15) is 0 Å². The molecule has 2 aromatic carbocycles. The molecule has 21 nitrogen and oxygen atoms in total. The van der Waals surface area contributed by atoms with Gasteiger partial charge in [-0.3, -0.25) is 0 Å². The van der Waals surface area contributed by atoms with Crippen LogP contribution in [0.3, 0.4) is 0 Å². The zero-order valence-corrected chi connectivity index (χ0v) is 32.1. The largest absolute Gasteiger partial charge is 3.00 e. The number of benzene rings is 2. The Hall–Kier alpha value is -3.19. The van der Waals surface area contributed by atoms with Crippen LogP contribution < -0.4 is 19.7 Å². The van der Waals surface area contributed by atoms with Gasteiger partial charge < -0.3 is 90.6 Å². The fourth-order valence-corrected chi connectivity index (χ4v) is 3.70. The molecule has 293 valence electrons. The smallest absolute Gasteiger partial charge is 0.870 e. The Morgan fingerprint density at radius 1 is 0.580 bits per heavy atom. The number of likely N-dealkylation sites (N-methyl/N-ethyl adjacent to an activating group) is 3. The van der Waals surface area contributed by atoms with Crippen LogP contribution in [0.25, 0.3) is 0 Å². The second-order valence-electron chi connectivity index (χ2n) is 9.36. The summed E-state index contributed by atoms with van der Waals surface area (Å²) in [6, 6.07) is 7.42. The van der Waals surface area contributed by atoms with Crippen LogP contribution in [-0.2, 0) is 29.6 Å². The summed E-state index contributed by atoms with van der Waals surface area (Å²) in [5.74, 6) is 0.734. The minimum absolute atomic E-state index is 0. The maximum Gasteiger partial charge on any atom is 3.00 e. The van der Waals surface area contributed by atoms with Gasteiger partial charge in [-0.05, 0) is 69.4 Å². The van der Waals surface area contributed by atoms with Gasteiger partial charge in [0, 0.05) is 53.5 Å². The first kappa shape index (κ1) is 59.0. The summed E-state index contributed by atoms with van der Waals surface area (Å²) in [6.07, 6.45) is 0. The van der Waals surface area contributed by atoms with Crippen LogP contribution in [0, 0.1) is 98.0 Å². The summed E-state index contributed by atoms with van der Waals surface area (Å²) in [5.41, 5.74) is 3.57. The second-order valence-corrected chi connectivity index (χ2v) is 9.36. The second kappa shape index (κ2) is 35.6. The van der Waals surface area contributed by atoms with Crippen molar-refractivity contribution in [3.63, 3.8) is 0 Å². The Bertz CT molecular complexity index is 1090. The quantitative estimate of drug-likeness (QED) is 0.166. The van der Waals surface area contributed by atoms with E-state index in [4.69, 9.17) is 65.7 Å². The normalized spacial score (nSPS) is 9.08. The number of aliphatic hydroxyl groups is 2. The minimum Gasteiger partial charge on any atom is -0.870 e. The molecule has 0 amide bonds. The molecule has 0 aliphatic heterocycles. The molecule has 1 radical (unpaired) electrons. The average Bonchev–Trinajstić information content (AvgIpc) is 2.99. The van der Waals surface area contributed by atoms with Crippen molar-refractivity contribution in [2.24, 2.45) is 0 Å². The summed E-state index contributed by atoms with van der Waals surface area (Å²) in [6.45, 7) is 8.57. The van der Waals surface area contributed by atoms with Gasteiger partial charge in [0.25, 0.3) is 0 Å². The fraction of sp³-hybridized carbons (Fsp3) is 0.556. The number of methoxy groups -OCH3 is 2. The van der Waals surface area contributed by atoms with Crippen molar-refractivity contribution < 1.29 is 99.8 Å². The third-order valence-corrected chi connectivity index (χ3v) is 5.60. The third kappa shape index (κ3) is 33.3. The van der Waals surface area contributed by atoms with Gasteiger partial charge in [0.2, 0.25) is 0 Å². The Balaban J connectivity index is -0.000000228. The van der Waals surface area contributed by atoms with E-state index in [9.17, 15) is 10.2 Å². The predicted octanol–water partition coefficient (Wildman–Crippen LogP) is 0.461. The summed E-state index contributed by atoms with van der Waals surface area (Å²) in [7, 11) is 11.2. The molecule has 0 aliphatic rings. The first-order valence-electron chi connectivity index (χ1n) is 13.4. The van der Waals surface area contributed by atoms with Gasteiger partial charge in [0.15, 0.2) is 0 Å². The minimum atomic E-state index is -1.75. The first-order chi connectivity index (χ1) is 22.3. The van der Waals surface area contributed by atoms with E-state index < -0.39 is 15.3 Å². The van der Waals surface area contributed by atoms with Gasteiger partial charge in [-0.25, -0.2) is 0 Å². The average molecular weight is 915 g/mol. The van der Waals surface area contributed by atoms with Crippen LogP contribution in [0.1, 0.15) is 22.3 Å². The molecule has 0 saturated heterocycles. The molecule has 0 aliphatic carbocycles. The van der Waals surface area contributed by atoms with Crippen molar-refractivity contribution in [2.75, 3.05) is 75.8 Å². The maximum absolute atomic E-state index is 12.4. The first-order valence-corrected chi connectivity index (χ1v) is 13.4. The van der Waals surface area contributed by atoms with E-state index in [2.05, 4.69) is 21.7 Å². The number of ether oxygens (including phenoxy) is 2. The summed E-state index contributed by atoms with van der Waals surface area (Å²) in [4.78, 5) is 31.3. The molecule has 0 fully saturated rings. The Labute approximate surface area is 330 Å². The van der Waals surface area contributed by atoms with E-state index in [-0.39, 0.29) is 66.2 Å². The van der Waals surface area contributed by atoms with Crippen molar-refractivity contribution in [2.45, 2.75) is 26.9 Å². The van der Waals surface area contributed by atoms with E-state index in [0.717, 1.165) is 62.7 Å². The molecule has 0 aromatic heterocycles. The van der Waals surface area contributed by atoms with Crippen LogP contribution in [0.15, 0.2) is 24.3 Å². The van der Waals surface area contributed by atoms with Gasteiger partial charge >= 0.3 is 54.7 Å². The number of hydrogen-bond acceptors (Lipinski definition) is 18. The van der Waals surface area contributed by atoms with Gasteiger partial charge in [-0.15, -0.1) is 0 Å². The molecule has 0 bridgehead atoms. The molecule has 0 saturated carbocycles. The van der Waals surface area contributed by atoms with E-state index in [1.165, 1.54) is 14.2 Å². The molecule has 2 N–H and O–H groups in total. The molecule has 2 rings (SSSR count). The molecular formula is C27H45DyN6NiO15. The van der Waals surface area contributed by atoms with Crippen molar-refractivity contribution in [3.8, 4) is 23.0 Å². The van der Waals surface area contributed by atoms with Crippen LogP contribution in [-0.4, -0.2) is 116 Å². The Kier molecular flexibility index (Phi) is 42.0. The topological polar surface area (TPSA) is 313 Å². The number of hydrogen-bond donors (Lipinski definition) is 2. The monoisotopic (exact) mass is 915 g/mol. The molecule has 23 heteroatoms. The molecule has 0 spiro atoms. The molecule has 50 heavy (non-hydrogen) atoms. The number of nitrogens with zero attached hydrogens (tertiary/aromatic N) is 6. The molecule has 0 unspecified atom stereocenters. The SMILES string of the molecule is CO.CO.COc1cc(C)cc(CN(C)CCN(C)CCN(C)Cc2cc(C)cc(OC)c2[O-])c1[O-].O=[N+]([O-])[O-].O=[N+]([O-])[O-].O=[N+]([O-])[O-].[Dy+3].[Ni+2]. The van der Waals surface area contributed by atoms with E-state index in [1.54, 1.807) is 12.1 Å². The van der Waals surface area contributed by atoms with E-state index >= 15 is 0 Å². The maximum atomic E-state index is 12.4. The van der Waals surface area contributed by atoms with Crippen LogP contribution in [0.4, 0.5) is 0 Å². The van der Waals surface area contributed by atoms with Crippen molar-refractivity contribution in [1.29, 1.82) is 0 Å². The van der Waals surface area contributed by atoms with E-state index in [1.807, 2.05) is 40.1 Å². The standard InChI is InChI=1S/C25H39N3O4.2CH4O.Dy.3NO3.Ni/c1-18-12-20(24(29)22(14-18)31-6)16-27(4)10-8-26(3)9-11-28(5)17-21-13-19(2)15-23(32-7)25(21)30;2*1-2;;3*2-1(3)4;/h12-15,29-30H,8-11,16-17H2,1-7H3;2*2H,1H3;;;;;/q;;;+3;3*-1;+2/p-2. The summed E-state index contributed by atoms with van der Waals surface area (Å²) < 4.78 is 10.4. The fourth-order valence-electron chi connectivity index (χ4n) is 3.70. The van der Waals surface area contributed by atoms with Crippen molar-refractivity contribution in [1.82, 2.24) is 14.7 Å². The number of aryl methyl sites for hydroxylation is 2. The van der Waals surface area contributed by atoms with Gasteiger partial charge in [0.1, 0.15) is 11.5 Å². The predicted molar refractivity (Wildman–Crippen MR) is 172 cm³/mol. The molecular weight excluding hydrogens is 870 g/mol. The number of rotatable bonds is 12. The van der Waals surface area contributed by atoms with Crippen LogP contribution in [0.2, 0.25) is 0 Å². The van der Waals surface area contributed by atoms with Crippen molar-refractivity contribution in [3.05, 3.63) is 92.5 Å². The zero-order valence-electron chi connectivity index (χ0n) is 29.1. The van der Waals surface area contributed by atoms with Crippen molar-refractivity contribution >= 4 is 0 Å². The van der Waals surface area contributed by atoms with Crippen LogP contribution >= 0.6 is 0 Å².